The summed E-state index contributed by atoms with van der Waals surface area (Å²) < 4.78 is 0. The van der Waals surface area contributed by atoms with Crippen LogP contribution in [0.4, 0.5) is 5.13 Å². The lowest BCUT2D eigenvalue weighted by Gasteiger charge is -2.35. The van der Waals surface area contributed by atoms with Crippen LogP contribution in [-0.4, -0.2) is 25.1 Å². The molecule has 1 fully saturated rings. The minimum Gasteiger partial charge on any atom is -0.348 e. The van der Waals surface area contributed by atoms with Crippen LogP contribution in [0, 0.1) is 11.8 Å². The van der Waals surface area contributed by atoms with Crippen LogP contribution in [-0.2, 0) is 6.54 Å². The largest absolute Gasteiger partial charge is 0.348 e. The summed E-state index contributed by atoms with van der Waals surface area (Å²) in [7, 11) is 2.02. The molecule has 3 nitrogen and oxygen atoms in total. The lowest BCUT2D eigenvalue weighted by Crippen LogP contribution is -2.38. The Morgan fingerprint density at radius 1 is 1.40 bits per heavy atom. The molecule has 1 aromatic rings. The van der Waals surface area contributed by atoms with Crippen LogP contribution in [0.2, 0.25) is 0 Å². The van der Waals surface area contributed by atoms with Gasteiger partial charge in [0.25, 0.3) is 0 Å². The van der Waals surface area contributed by atoms with Gasteiger partial charge < -0.3 is 10.2 Å². The maximum atomic E-state index is 4.99. The van der Waals surface area contributed by atoms with Gasteiger partial charge in [-0.25, -0.2) is 4.98 Å². The summed E-state index contributed by atoms with van der Waals surface area (Å²) in [5.74, 6) is 2.17. The van der Waals surface area contributed by atoms with E-state index in [2.05, 4.69) is 37.9 Å². The Morgan fingerprint density at radius 3 is 2.75 bits per heavy atom. The molecular formula is C16H29N3S. The molecule has 1 aliphatic heterocycles. The fourth-order valence-corrected chi connectivity index (χ4v) is 4.02. The number of piperidine rings is 1. The van der Waals surface area contributed by atoms with E-state index in [1.807, 2.05) is 18.4 Å². The van der Waals surface area contributed by atoms with Crippen molar-refractivity contribution in [1.29, 1.82) is 0 Å². The van der Waals surface area contributed by atoms with E-state index in [1.54, 1.807) is 0 Å². The first kappa shape index (κ1) is 15.8. The number of nitrogens with one attached hydrogen (secondary N) is 1. The van der Waals surface area contributed by atoms with Crippen LogP contribution in [0.25, 0.3) is 0 Å². The second-order valence-electron chi connectivity index (χ2n) is 6.33. The number of hydrogen-bond acceptors (Lipinski definition) is 4. The van der Waals surface area contributed by atoms with Crippen molar-refractivity contribution < 1.29 is 0 Å². The topological polar surface area (TPSA) is 28.2 Å². The first-order valence-electron chi connectivity index (χ1n) is 7.95. The Morgan fingerprint density at radius 2 is 2.15 bits per heavy atom. The lowest BCUT2D eigenvalue weighted by atomic mass is 9.89. The number of aromatic nitrogens is 1. The van der Waals surface area contributed by atoms with E-state index in [-0.39, 0.29) is 0 Å². The summed E-state index contributed by atoms with van der Waals surface area (Å²) >= 11 is 1.89. The number of anilines is 1. The van der Waals surface area contributed by atoms with E-state index in [4.69, 9.17) is 4.98 Å². The molecule has 0 amide bonds. The molecule has 2 rings (SSSR count). The molecule has 1 N–H and O–H groups in total. The van der Waals surface area contributed by atoms with Gasteiger partial charge in [0.05, 0.1) is 5.69 Å². The Balaban J connectivity index is 2.19. The Kier molecular flexibility index (Phi) is 5.44. The van der Waals surface area contributed by atoms with Crippen molar-refractivity contribution in [2.24, 2.45) is 11.8 Å². The summed E-state index contributed by atoms with van der Waals surface area (Å²) in [4.78, 5) is 8.91. The van der Waals surface area contributed by atoms with E-state index in [0.717, 1.165) is 37.9 Å². The normalized spacial score (nSPS) is 24.9. The van der Waals surface area contributed by atoms with Crippen molar-refractivity contribution in [2.45, 2.75) is 53.0 Å². The van der Waals surface area contributed by atoms with Gasteiger partial charge in [0, 0.05) is 24.5 Å². The van der Waals surface area contributed by atoms with Crippen molar-refractivity contribution in [1.82, 2.24) is 10.3 Å². The molecule has 1 aromatic heterocycles. The lowest BCUT2D eigenvalue weighted by molar-refractivity contribution is 0.323. The Labute approximate surface area is 127 Å². The van der Waals surface area contributed by atoms with Crippen LogP contribution >= 0.6 is 11.3 Å². The molecule has 0 aliphatic carbocycles. The van der Waals surface area contributed by atoms with Crippen molar-refractivity contribution in [3.05, 3.63) is 10.6 Å². The molecular weight excluding hydrogens is 266 g/mol. The van der Waals surface area contributed by atoms with Gasteiger partial charge in [-0.1, -0.05) is 27.7 Å². The highest BCUT2D eigenvalue weighted by atomic mass is 32.1. The number of hydrogen-bond donors (Lipinski definition) is 1. The molecule has 1 saturated heterocycles. The number of rotatable bonds is 5. The zero-order valence-electron chi connectivity index (χ0n) is 13.6. The summed E-state index contributed by atoms with van der Waals surface area (Å²) in [5, 5.41) is 4.53. The molecule has 0 spiro atoms. The second-order valence-corrected chi connectivity index (χ2v) is 7.40. The van der Waals surface area contributed by atoms with Gasteiger partial charge in [0.1, 0.15) is 0 Å². The smallest absolute Gasteiger partial charge is 0.185 e. The highest BCUT2D eigenvalue weighted by molar-refractivity contribution is 7.15. The fourth-order valence-electron chi connectivity index (χ4n) is 2.79. The summed E-state index contributed by atoms with van der Waals surface area (Å²) in [5.41, 5.74) is 1.31. The molecule has 3 unspecified atom stereocenters. The SMILES string of the molecule is CCC(C)c1nc(N2CCC(C)C(C)C2)sc1CNC. The first-order valence-corrected chi connectivity index (χ1v) is 8.77. The molecule has 0 bridgehead atoms. The summed E-state index contributed by atoms with van der Waals surface area (Å²) in [6.45, 7) is 12.6. The van der Waals surface area contributed by atoms with Crippen LogP contribution in [0.5, 0.6) is 0 Å². The third-order valence-corrected chi connectivity index (χ3v) is 5.87. The van der Waals surface area contributed by atoms with Crippen LogP contribution in [0.1, 0.15) is 57.0 Å². The highest BCUT2D eigenvalue weighted by Crippen LogP contribution is 2.35. The first-order chi connectivity index (χ1) is 9.56. The molecule has 2 heterocycles. The van der Waals surface area contributed by atoms with Crippen molar-refractivity contribution >= 4 is 16.5 Å². The maximum absolute atomic E-state index is 4.99. The minimum atomic E-state index is 0.560. The van der Waals surface area contributed by atoms with Gasteiger partial charge in [0.15, 0.2) is 5.13 Å². The van der Waals surface area contributed by atoms with Crippen LogP contribution in [0.15, 0.2) is 0 Å². The molecule has 114 valence electrons. The van der Waals surface area contributed by atoms with Gasteiger partial charge >= 0.3 is 0 Å². The predicted octanol–water partition coefficient (Wildman–Crippen LogP) is 3.86. The second kappa shape index (κ2) is 6.90. The number of thiazole rings is 1. The van der Waals surface area contributed by atoms with E-state index in [1.165, 1.54) is 22.1 Å². The molecule has 0 radical (unpaired) electrons. The monoisotopic (exact) mass is 295 g/mol. The van der Waals surface area contributed by atoms with Gasteiger partial charge in [0.2, 0.25) is 0 Å². The predicted molar refractivity (Wildman–Crippen MR) is 88.7 cm³/mol. The van der Waals surface area contributed by atoms with Crippen molar-refractivity contribution in [2.75, 3.05) is 25.0 Å². The number of nitrogens with zero attached hydrogens (tertiary/aromatic N) is 2. The van der Waals surface area contributed by atoms with Gasteiger partial charge in [-0.05, 0) is 37.6 Å². The van der Waals surface area contributed by atoms with E-state index < -0.39 is 0 Å². The van der Waals surface area contributed by atoms with Gasteiger partial charge in [-0.2, -0.15) is 0 Å². The highest BCUT2D eigenvalue weighted by Gasteiger charge is 2.26. The minimum absolute atomic E-state index is 0.560. The molecule has 0 saturated carbocycles. The molecule has 0 aromatic carbocycles. The van der Waals surface area contributed by atoms with Gasteiger partial charge in [-0.15, -0.1) is 11.3 Å². The van der Waals surface area contributed by atoms with Crippen LogP contribution < -0.4 is 10.2 Å². The zero-order valence-corrected chi connectivity index (χ0v) is 14.4. The van der Waals surface area contributed by atoms with E-state index in [0.29, 0.717) is 5.92 Å². The average molecular weight is 295 g/mol. The standard InChI is InChI=1S/C16H29N3S/c1-6-11(2)15-14(9-17-5)20-16(18-15)19-8-7-12(3)13(4)10-19/h11-13,17H,6-10H2,1-5H3. The summed E-state index contributed by atoms with van der Waals surface area (Å²) in [6.07, 6.45) is 2.45. The summed E-state index contributed by atoms with van der Waals surface area (Å²) in [6, 6.07) is 0. The Hall–Kier alpha value is -0.610. The van der Waals surface area contributed by atoms with Crippen LogP contribution in [0.3, 0.4) is 0 Å². The molecule has 3 atom stereocenters. The van der Waals surface area contributed by atoms with Gasteiger partial charge in [-0.3, -0.25) is 0 Å². The third kappa shape index (κ3) is 3.34. The third-order valence-electron chi connectivity index (χ3n) is 4.74. The van der Waals surface area contributed by atoms with E-state index in [9.17, 15) is 0 Å². The Bertz CT molecular complexity index is 429. The quantitative estimate of drug-likeness (QED) is 0.894. The molecule has 1 aliphatic rings. The average Bonchev–Trinajstić information content (AvgIpc) is 2.85. The molecule has 20 heavy (non-hydrogen) atoms. The van der Waals surface area contributed by atoms with E-state index >= 15 is 0 Å². The molecule has 4 heteroatoms. The fraction of sp³-hybridized carbons (Fsp3) is 0.812. The zero-order chi connectivity index (χ0) is 14.7. The maximum Gasteiger partial charge on any atom is 0.185 e. The van der Waals surface area contributed by atoms with Crippen molar-refractivity contribution in [3.8, 4) is 0 Å². The van der Waals surface area contributed by atoms with Crippen molar-refractivity contribution in [3.63, 3.8) is 0 Å².